The van der Waals surface area contributed by atoms with E-state index >= 15 is 0 Å². The van der Waals surface area contributed by atoms with Crippen molar-refractivity contribution in [3.05, 3.63) is 41.0 Å². The molecule has 4 nitrogen and oxygen atoms in total. The Hall–Kier alpha value is -1.94. The fourth-order valence-corrected chi connectivity index (χ4v) is 1.71. The lowest BCUT2D eigenvalue weighted by Crippen LogP contribution is -1.97. The van der Waals surface area contributed by atoms with Crippen LogP contribution in [0.3, 0.4) is 0 Å². The summed E-state index contributed by atoms with van der Waals surface area (Å²) in [5, 5.41) is 3.71. The third-order valence-electron chi connectivity index (χ3n) is 2.59. The predicted molar refractivity (Wildman–Crippen MR) is 74.7 cm³/mol. The molecule has 0 aliphatic rings. The highest BCUT2D eigenvalue weighted by Crippen LogP contribution is 2.29. The van der Waals surface area contributed by atoms with Gasteiger partial charge in [0.25, 0.3) is 0 Å². The number of hydrogen-bond donors (Lipinski definition) is 2. The second kappa shape index (κ2) is 5.14. The minimum absolute atomic E-state index is 0.575. The summed E-state index contributed by atoms with van der Waals surface area (Å²) in [5.41, 5.74) is 8.13. The van der Waals surface area contributed by atoms with Gasteiger partial charge in [-0.3, -0.25) is 0 Å². The lowest BCUT2D eigenvalue weighted by atomic mass is 10.2. The van der Waals surface area contributed by atoms with Gasteiger partial charge in [-0.15, -0.1) is 0 Å². The fraction of sp³-hybridized carbons (Fsp3) is 0.154. The number of nitrogens with two attached hydrogens (primary N) is 1. The van der Waals surface area contributed by atoms with Crippen LogP contribution in [-0.2, 0) is 0 Å². The summed E-state index contributed by atoms with van der Waals surface area (Å²) < 4.78 is 5.09. The topological polar surface area (TPSA) is 60.2 Å². The highest BCUT2D eigenvalue weighted by atomic mass is 35.5. The molecule has 1 aromatic carbocycles. The number of aryl methyl sites for hydroxylation is 1. The summed E-state index contributed by atoms with van der Waals surface area (Å²) in [6, 6.07) is 7.29. The first-order valence-corrected chi connectivity index (χ1v) is 5.80. The molecule has 18 heavy (non-hydrogen) atoms. The fourth-order valence-electron chi connectivity index (χ4n) is 1.50. The third kappa shape index (κ3) is 2.65. The number of pyridine rings is 1. The van der Waals surface area contributed by atoms with E-state index in [0.29, 0.717) is 22.3 Å². The molecule has 0 aliphatic heterocycles. The van der Waals surface area contributed by atoms with E-state index in [9.17, 15) is 0 Å². The van der Waals surface area contributed by atoms with Gasteiger partial charge in [0.05, 0.1) is 29.7 Å². The maximum atomic E-state index is 6.13. The summed E-state index contributed by atoms with van der Waals surface area (Å²) in [5.74, 6) is 1.42. The van der Waals surface area contributed by atoms with Crippen LogP contribution in [0.15, 0.2) is 30.5 Å². The Labute approximate surface area is 111 Å². The zero-order chi connectivity index (χ0) is 13.1. The first-order chi connectivity index (χ1) is 8.60. The maximum absolute atomic E-state index is 6.13. The number of nitrogen functional groups attached to an aromatic ring is 1. The number of hydrogen-bond acceptors (Lipinski definition) is 4. The molecule has 2 rings (SSSR count). The molecular weight excluding hydrogens is 250 g/mol. The van der Waals surface area contributed by atoms with E-state index in [4.69, 9.17) is 22.1 Å². The molecule has 1 aromatic heterocycles. The molecule has 0 aliphatic carbocycles. The second-order valence-electron chi connectivity index (χ2n) is 3.90. The van der Waals surface area contributed by atoms with Crippen molar-refractivity contribution in [2.75, 3.05) is 18.2 Å². The van der Waals surface area contributed by atoms with E-state index in [-0.39, 0.29) is 0 Å². The molecule has 0 bridgehead atoms. The van der Waals surface area contributed by atoms with Crippen molar-refractivity contribution in [1.82, 2.24) is 4.98 Å². The number of benzene rings is 1. The molecule has 0 radical (unpaired) electrons. The van der Waals surface area contributed by atoms with Crippen LogP contribution in [-0.4, -0.2) is 12.1 Å². The number of rotatable bonds is 3. The quantitative estimate of drug-likeness (QED) is 0.891. The summed E-state index contributed by atoms with van der Waals surface area (Å²) in [6.07, 6.45) is 1.62. The predicted octanol–water partition coefficient (Wildman–Crippen LogP) is 3.38. The monoisotopic (exact) mass is 263 g/mol. The van der Waals surface area contributed by atoms with Gasteiger partial charge in [-0.25, -0.2) is 4.98 Å². The lowest BCUT2D eigenvalue weighted by Gasteiger charge is -2.10. The molecule has 0 unspecified atom stereocenters. The number of nitrogens with one attached hydrogen (secondary N) is 1. The summed E-state index contributed by atoms with van der Waals surface area (Å²) in [6.45, 7) is 1.93. The van der Waals surface area contributed by atoms with Gasteiger partial charge in [-0.05, 0) is 30.7 Å². The van der Waals surface area contributed by atoms with Crippen molar-refractivity contribution < 1.29 is 4.74 Å². The Balaban J connectivity index is 2.25. The molecule has 94 valence electrons. The Morgan fingerprint density at radius 2 is 2.11 bits per heavy atom. The van der Waals surface area contributed by atoms with Crippen molar-refractivity contribution in [3.63, 3.8) is 0 Å². The van der Waals surface area contributed by atoms with Crippen molar-refractivity contribution in [1.29, 1.82) is 0 Å². The van der Waals surface area contributed by atoms with Gasteiger partial charge in [0.1, 0.15) is 11.6 Å². The van der Waals surface area contributed by atoms with E-state index in [1.807, 2.05) is 25.1 Å². The zero-order valence-electron chi connectivity index (χ0n) is 10.2. The average Bonchev–Trinajstić information content (AvgIpc) is 2.36. The van der Waals surface area contributed by atoms with Crippen LogP contribution in [0, 0.1) is 6.92 Å². The molecule has 0 saturated carbocycles. The van der Waals surface area contributed by atoms with Crippen LogP contribution >= 0.6 is 11.6 Å². The van der Waals surface area contributed by atoms with Crippen LogP contribution in [0.4, 0.5) is 17.2 Å². The standard InChI is InChI=1S/C13H14ClN3O/c1-8-5-13(16-7-11(8)15)17-12-4-3-9(18-2)6-10(12)14/h3-7H,15H2,1-2H3,(H,16,17). The molecule has 0 atom stereocenters. The van der Waals surface area contributed by atoms with Gasteiger partial charge in [0.15, 0.2) is 0 Å². The minimum Gasteiger partial charge on any atom is -0.497 e. The molecule has 0 spiro atoms. The minimum atomic E-state index is 0.575. The van der Waals surface area contributed by atoms with Crippen LogP contribution in [0.5, 0.6) is 5.75 Å². The van der Waals surface area contributed by atoms with Crippen LogP contribution < -0.4 is 15.8 Å². The Morgan fingerprint density at radius 3 is 2.72 bits per heavy atom. The van der Waals surface area contributed by atoms with Crippen molar-refractivity contribution in [3.8, 4) is 5.75 Å². The van der Waals surface area contributed by atoms with E-state index in [2.05, 4.69) is 10.3 Å². The SMILES string of the molecule is COc1ccc(Nc2cc(C)c(N)cn2)c(Cl)c1. The van der Waals surface area contributed by atoms with Crippen molar-refractivity contribution in [2.24, 2.45) is 0 Å². The number of halogens is 1. The maximum Gasteiger partial charge on any atom is 0.130 e. The largest absolute Gasteiger partial charge is 0.497 e. The van der Waals surface area contributed by atoms with Crippen molar-refractivity contribution in [2.45, 2.75) is 6.92 Å². The summed E-state index contributed by atoms with van der Waals surface area (Å²) in [7, 11) is 1.60. The molecule has 1 heterocycles. The number of ether oxygens (including phenoxy) is 1. The van der Waals surface area contributed by atoms with Crippen LogP contribution in [0.1, 0.15) is 5.56 Å². The van der Waals surface area contributed by atoms with Crippen LogP contribution in [0.25, 0.3) is 0 Å². The Kier molecular flexibility index (Phi) is 3.58. The highest BCUT2D eigenvalue weighted by molar-refractivity contribution is 6.33. The van der Waals surface area contributed by atoms with Gasteiger partial charge in [0.2, 0.25) is 0 Å². The normalized spacial score (nSPS) is 10.2. The van der Waals surface area contributed by atoms with E-state index in [1.54, 1.807) is 19.4 Å². The molecule has 2 aromatic rings. The third-order valence-corrected chi connectivity index (χ3v) is 2.90. The lowest BCUT2D eigenvalue weighted by molar-refractivity contribution is 0.415. The van der Waals surface area contributed by atoms with Gasteiger partial charge in [-0.2, -0.15) is 0 Å². The second-order valence-corrected chi connectivity index (χ2v) is 4.30. The highest BCUT2D eigenvalue weighted by Gasteiger charge is 2.04. The number of nitrogens with zero attached hydrogens (tertiary/aromatic N) is 1. The molecule has 0 saturated heterocycles. The first-order valence-electron chi connectivity index (χ1n) is 5.43. The number of aromatic nitrogens is 1. The smallest absolute Gasteiger partial charge is 0.130 e. The molecule has 3 N–H and O–H groups in total. The number of anilines is 3. The van der Waals surface area contributed by atoms with E-state index in [1.165, 1.54) is 0 Å². The van der Waals surface area contributed by atoms with Gasteiger partial charge in [-0.1, -0.05) is 11.6 Å². The average molecular weight is 264 g/mol. The molecule has 0 amide bonds. The molecule has 0 fully saturated rings. The van der Waals surface area contributed by atoms with Crippen LogP contribution in [0.2, 0.25) is 5.02 Å². The first kappa shape index (κ1) is 12.5. The van der Waals surface area contributed by atoms with E-state index < -0.39 is 0 Å². The van der Waals surface area contributed by atoms with Gasteiger partial charge >= 0.3 is 0 Å². The molecular formula is C13H14ClN3O. The Bertz CT molecular complexity index is 572. The Morgan fingerprint density at radius 1 is 1.33 bits per heavy atom. The molecule has 5 heteroatoms. The number of methoxy groups -OCH3 is 1. The van der Waals surface area contributed by atoms with Gasteiger partial charge < -0.3 is 15.8 Å². The van der Waals surface area contributed by atoms with E-state index in [0.717, 1.165) is 11.3 Å². The van der Waals surface area contributed by atoms with Gasteiger partial charge in [0, 0.05) is 6.07 Å². The van der Waals surface area contributed by atoms with Crippen molar-refractivity contribution >= 4 is 28.8 Å². The summed E-state index contributed by atoms with van der Waals surface area (Å²) >= 11 is 6.13. The zero-order valence-corrected chi connectivity index (χ0v) is 11.0. The summed E-state index contributed by atoms with van der Waals surface area (Å²) in [4.78, 5) is 4.19.